The Morgan fingerprint density at radius 1 is 0.321 bits per heavy atom. The highest BCUT2D eigenvalue weighted by Gasteiger charge is 2.20. The quantitative estimate of drug-likeness (QED) is 0.0320. The minimum Gasteiger partial charge on any atom is -0.466 e. The van der Waals surface area contributed by atoms with E-state index in [2.05, 4.69) is 31.3 Å². The number of rotatable bonds is 74. The molecule has 0 aromatic rings. The van der Waals surface area contributed by atoms with Crippen LogP contribution in [-0.4, -0.2) is 47.4 Å². The van der Waals surface area contributed by atoms with Crippen LogP contribution in [0.2, 0.25) is 0 Å². The van der Waals surface area contributed by atoms with Crippen LogP contribution in [0.4, 0.5) is 0 Å². The van der Waals surface area contributed by atoms with Gasteiger partial charge in [-0.1, -0.05) is 398 Å². The van der Waals surface area contributed by atoms with Crippen molar-refractivity contribution in [3.63, 3.8) is 0 Å². The van der Waals surface area contributed by atoms with Crippen molar-refractivity contribution in [2.75, 3.05) is 13.2 Å². The summed E-state index contributed by atoms with van der Waals surface area (Å²) in [5, 5.41) is 23.4. The number of carbonyl (C=O) groups is 2. The van der Waals surface area contributed by atoms with Crippen LogP contribution in [0.25, 0.3) is 0 Å². The van der Waals surface area contributed by atoms with E-state index in [1.807, 2.05) is 0 Å². The molecule has 6 nitrogen and oxygen atoms in total. The third-order valence-electron chi connectivity index (χ3n) is 18.6. The molecular weight excluding hydrogens is 1030 g/mol. The number of esters is 1. The number of allylic oxidation sites excluding steroid dienone is 2. The Morgan fingerprint density at radius 2 is 0.560 bits per heavy atom. The number of nitrogens with one attached hydrogen (secondary N) is 1. The Morgan fingerprint density at radius 3 is 0.845 bits per heavy atom. The summed E-state index contributed by atoms with van der Waals surface area (Å²) >= 11 is 0. The molecule has 3 N–H and O–H groups in total. The molecule has 0 bridgehead atoms. The summed E-state index contributed by atoms with van der Waals surface area (Å²) in [4.78, 5) is 24.7. The van der Waals surface area contributed by atoms with Crippen LogP contribution < -0.4 is 5.32 Å². The van der Waals surface area contributed by atoms with Gasteiger partial charge in [-0.05, 0) is 51.4 Å². The fourth-order valence-electron chi connectivity index (χ4n) is 12.6. The Balaban J connectivity index is 3.32. The number of ether oxygens (including phenoxy) is 1. The van der Waals surface area contributed by atoms with Crippen molar-refractivity contribution >= 4 is 11.9 Å². The molecule has 0 aromatic carbocycles. The molecule has 2 atom stereocenters. The molecule has 0 aromatic heterocycles. The smallest absolute Gasteiger partial charge is 0.305 e. The predicted molar refractivity (Wildman–Crippen MR) is 370 cm³/mol. The summed E-state index contributed by atoms with van der Waals surface area (Å²) in [5.41, 5.74) is 0. The lowest BCUT2D eigenvalue weighted by molar-refractivity contribution is -0.143. The first-order valence-corrected chi connectivity index (χ1v) is 38.9. The molecule has 500 valence electrons. The summed E-state index contributed by atoms with van der Waals surface area (Å²) < 4.78 is 5.51. The van der Waals surface area contributed by atoms with E-state index in [1.165, 1.54) is 372 Å². The summed E-state index contributed by atoms with van der Waals surface area (Å²) in [6, 6.07) is -0.539. The number of amides is 1. The number of hydrogen-bond acceptors (Lipinski definition) is 5. The SMILES string of the molecule is CCCCCCCC/C=C\CCCCCCCCCC(=O)OCCCCCCCCCCCCCCCCCCCCCCCCCCCCCCCCC(=O)NC(CO)C(O)CCCCCCCCCCCCCCCCCCCCCC. The number of unbranched alkanes of at least 4 members (excludes halogenated alkanes) is 61. The van der Waals surface area contributed by atoms with Crippen molar-refractivity contribution in [1.82, 2.24) is 5.32 Å². The lowest BCUT2D eigenvalue weighted by Gasteiger charge is -2.22. The largest absolute Gasteiger partial charge is 0.466 e. The Labute approximate surface area is 527 Å². The van der Waals surface area contributed by atoms with Gasteiger partial charge in [-0.2, -0.15) is 0 Å². The zero-order valence-corrected chi connectivity index (χ0v) is 57.4. The van der Waals surface area contributed by atoms with Gasteiger partial charge in [0, 0.05) is 12.8 Å². The Bertz CT molecular complexity index is 1270. The predicted octanol–water partition coefficient (Wildman–Crippen LogP) is 25.5. The van der Waals surface area contributed by atoms with E-state index in [4.69, 9.17) is 4.74 Å². The van der Waals surface area contributed by atoms with Gasteiger partial charge in [0.1, 0.15) is 0 Å². The van der Waals surface area contributed by atoms with Gasteiger partial charge in [0.05, 0.1) is 25.4 Å². The zero-order valence-electron chi connectivity index (χ0n) is 57.4. The average Bonchev–Trinajstić information content (AvgIpc) is 3.51. The molecule has 0 saturated heterocycles. The van der Waals surface area contributed by atoms with Gasteiger partial charge in [0.2, 0.25) is 5.91 Å². The molecule has 0 radical (unpaired) electrons. The first kappa shape index (κ1) is 82.6. The average molecular weight is 1190 g/mol. The molecule has 0 aliphatic heterocycles. The van der Waals surface area contributed by atoms with Crippen LogP contribution in [-0.2, 0) is 14.3 Å². The number of carbonyl (C=O) groups excluding carboxylic acids is 2. The lowest BCUT2D eigenvalue weighted by atomic mass is 10.0. The van der Waals surface area contributed by atoms with Gasteiger partial charge in [-0.3, -0.25) is 9.59 Å². The summed E-state index contributed by atoms with van der Waals surface area (Å²) in [5.74, 6) is -0.00766. The minimum atomic E-state index is -0.662. The van der Waals surface area contributed by atoms with E-state index < -0.39 is 12.1 Å². The summed E-state index contributed by atoms with van der Waals surface area (Å²) in [6.07, 6.45) is 92.9. The van der Waals surface area contributed by atoms with Gasteiger partial charge in [0.25, 0.3) is 0 Å². The first-order chi connectivity index (χ1) is 41.5. The van der Waals surface area contributed by atoms with Gasteiger partial charge >= 0.3 is 5.97 Å². The van der Waals surface area contributed by atoms with Crippen LogP contribution in [0.5, 0.6) is 0 Å². The van der Waals surface area contributed by atoms with E-state index >= 15 is 0 Å². The van der Waals surface area contributed by atoms with Crippen molar-refractivity contribution in [3.8, 4) is 0 Å². The van der Waals surface area contributed by atoms with E-state index in [-0.39, 0.29) is 18.5 Å². The molecule has 0 spiro atoms. The fourth-order valence-corrected chi connectivity index (χ4v) is 12.6. The van der Waals surface area contributed by atoms with Crippen LogP contribution in [0.1, 0.15) is 450 Å². The normalized spacial score (nSPS) is 12.5. The van der Waals surface area contributed by atoms with E-state index in [9.17, 15) is 19.8 Å². The van der Waals surface area contributed by atoms with Gasteiger partial charge in [0.15, 0.2) is 0 Å². The highest BCUT2D eigenvalue weighted by Crippen LogP contribution is 2.20. The highest BCUT2D eigenvalue weighted by atomic mass is 16.5. The van der Waals surface area contributed by atoms with E-state index in [0.29, 0.717) is 25.9 Å². The van der Waals surface area contributed by atoms with Gasteiger partial charge < -0.3 is 20.3 Å². The van der Waals surface area contributed by atoms with Crippen molar-refractivity contribution in [1.29, 1.82) is 0 Å². The topological polar surface area (TPSA) is 95.9 Å². The fraction of sp³-hybridized carbons (Fsp3) is 0.949. The van der Waals surface area contributed by atoms with Crippen LogP contribution in [0, 0.1) is 0 Å². The number of hydrogen-bond donors (Lipinski definition) is 3. The molecule has 0 aliphatic carbocycles. The van der Waals surface area contributed by atoms with Crippen LogP contribution >= 0.6 is 0 Å². The molecule has 1 amide bonds. The molecule has 0 heterocycles. The Kier molecular flexibility index (Phi) is 72.8. The Hall–Kier alpha value is -1.40. The highest BCUT2D eigenvalue weighted by molar-refractivity contribution is 5.76. The maximum atomic E-state index is 12.6. The molecule has 6 heteroatoms. The van der Waals surface area contributed by atoms with Crippen LogP contribution in [0.15, 0.2) is 12.2 Å². The lowest BCUT2D eigenvalue weighted by Crippen LogP contribution is -2.45. The third-order valence-corrected chi connectivity index (χ3v) is 18.6. The molecule has 2 unspecified atom stereocenters. The van der Waals surface area contributed by atoms with Crippen molar-refractivity contribution in [2.45, 2.75) is 463 Å². The number of aliphatic hydroxyl groups is 2. The van der Waals surface area contributed by atoms with E-state index in [1.54, 1.807) is 0 Å². The van der Waals surface area contributed by atoms with Crippen molar-refractivity contribution in [2.24, 2.45) is 0 Å². The first-order valence-electron chi connectivity index (χ1n) is 38.9. The molecule has 0 saturated carbocycles. The van der Waals surface area contributed by atoms with Gasteiger partial charge in [-0.25, -0.2) is 0 Å². The maximum absolute atomic E-state index is 12.6. The van der Waals surface area contributed by atoms with Crippen LogP contribution in [0.3, 0.4) is 0 Å². The zero-order chi connectivity index (χ0) is 60.6. The summed E-state index contributed by atoms with van der Waals surface area (Å²) in [6.45, 7) is 5.00. The van der Waals surface area contributed by atoms with Crippen molar-refractivity contribution in [3.05, 3.63) is 12.2 Å². The van der Waals surface area contributed by atoms with Gasteiger partial charge in [-0.15, -0.1) is 0 Å². The minimum absolute atomic E-state index is 0.0181. The monoisotopic (exact) mass is 1180 g/mol. The number of aliphatic hydroxyl groups excluding tert-OH is 2. The third kappa shape index (κ3) is 69.7. The molecule has 0 rings (SSSR count). The van der Waals surface area contributed by atoms with E-state index in [0.717, 1.165) is 44.9 Å². The molecule has 0 aliphatic rings. The standard InChI is InChI=1S/C78H153NO5/c1-3-5-7-9-11-13-15-17-19-21-22-35-39-42-46-50-54-58-62-66-70-76(81)75(74-80)79-77(82)71-67-63-59-55-51-47-43-40-36-33-31-29-27-25-23-24-26-28-30-32-34-37-41-45-49-53-57-61-65-69-73-84-78(83)72-68-64-60-56-52-48-44-38-20-18-16-14-12-10-8-6-4-2/h18,20,75-76,80-81H,3-17,19,21-74H2,1-2H3,(H,79,82)/b20-18-. The second-order valence-corrected chi connectivity index (χ2v) is 27.0. The molecule has 84 heavy (non-hydrogen) atoms. The molecule has 0 fully saturated rings. The summed E-state index contributed by atoms with van der Waals surface area (Å²) in [7, 11) is 0. The van der Waals surface area contributed by atoms with Crippen molar-refractivity contribution < 1.29 is 24.5 Å². The second kappa shape index (κ2) is 74.1. The maximum Gasteiger partial charge on any atom is 0.305 e. The molecular formula is C78H153NO5. The second-order valence-electron chi connectivity index (χ2n) is 27.0.